The van der Waals surface area contributed by atoms with Crippen molar-refractivity contribution in [1.82, 2.24) is 15.5 Å². The number of likely N-dealkylation sites (tertiary alicyclic amines) is 1. The number of halogens is 3. The van der Waals surface area contributed by atoms with Crippen LogP contribution in [-0.4, -0.2) is 56.4 Å². The van der Waals surface area contributed by atoms with Crippen LogP contribution in [0.5, 0.6) is 0 Å². The average Bonchev–Trinajstić information content (AvgIpc) is 2.73. The van der Waals surface area contributed by atoms with Gasteiger partial charge >= 0.3 is 6.18 Å². The molecule has 1 atom stereocenters. The minimum absolute atomic E-state index is 0.377. The van der Waals surface area contributed by atoms with E-state index in [9.17, 15) is 13.2 Å². The van der Waals surface area contributed by atoms with Crippen molar-refractivity contribution in [1.29, 1.82) is 0 Å². The molecule has 2 fully saturated rings. The Balaban J connectivity index is 1.63. The van der Waals surface area contributed by atoms with Crippen molar-refractivity contribution >= 4 is 0 Å². The molecule has 18 heavy (non-hydrogen) atoms. The van der Waals surface area contributed by atoms with Crippen molar-refractivity contribution in [2.75, 3.05) is 39.3 Å². The van der Waals surface area contributed by atoms with Gasteiger partial charge in [0.2, 0.25) is 0 Å². The van der Waals surface area contributed by atoms with E-state index >= 15 is 0 Å². The molecule has 0 spiro atoms. The quantitative estimate of drug-likeness (QED) is 0.800. The van der Waals surface area contributed by atoms with E-state index in [4.69, 9.17) is 0 Å². The van der Waals surface area contributed by atoms with Crippen LogP contribution in [0.3, 0.4) is 0 Å². The van der Waals surface area contributed by atoms with Crippen molar-refractivity contribution in [3.63, 3.8) is 0 Å². The van der Waals surface area contributed by atoms with Crippen molar-refractivity contribution in [3.05, 3.63) is 0 Å². The Hall–Kier alpha value is -0.330. The van der Waals surface area contributed by atoms with Gasteiger partial charge in [0, 0.05) is 12.6 Å². The summed E-state index contributed by atoms with van der Waals surface area (Å²) in [6.45, 7) is 3.36. The third-order valence-electron chi connectivity index (χ3n) is 3.81. The highest BCUT2D eigenvalue weighted by molar-refractivity contribution is 4.81. The van der Waals surface area contributed by atoms with Gasteiger partial charge in [-0.1, -0.05) is 0 Å². The normalized spacial score (nSPS) is 27.8. The Labute approximate surface area is 106 Å². The lowest BCUT2D eigenvalue weighted by molar-refractivity contribution is -0.143. The third kappa shape index (κ3) is 4.74. The number of piperidine rings is 1. The molecule has 0 saturated carbocycles. The van der Waals surface area contributed by atoms with Gasteiger partial charge < -0.3 is 10.6 Å². The summed E-state index contributed by atoms with van der Waals surface area (Å²) in [6.07, 6.45) is -0.927. The highest BCUT2D eigenvalue weighted by atomic mass is 19.4. The lowest BCUT2D eigenvalue weighted by Crippen LogP contribution is -2.42. The first-order valence-corrected chi connectivity index (χ1v) is 6.76. The van der Waals surface area contributed by atoms with Crippen LogP contribution >= 0.6 is 0 Å². The summed E-state index contributed by atoms with van der Waals surface area (Å²) in [5, 5.41) is 6.80. The second kappa shape index (κ2) is 6.21. The molecule has 0 amide bonds. The van der Waals surface area contributed by atoms with E-state index in [0.717, 1.165) is 38.9 Å². The molecule has 0 radical (unpaired) electrons. The molecule has 106 valence electrons. The zero-order valence-electron chi connectivity index (χ0n) is 10.6. The van der Waals surface area contributed by atoms with Gasteiger partial charge in [-0.05, 0) is 51.4 Å². The van der Waals surface area contributed by atoms with Crippen molar-refractivity contribution in [2.45, 2.75) is 31.5 Å². The first kappa shape index (κ1) is 14.1. The molecule has 2 rings (SSSR count). The van der Waals surface area contributed by atoms with E-state index in [0.29, 0.717) is 25.0 Å². The Morgan fingerprint density at radius 1 is 1.17 bits per heavy atom. The summed E-state index contributed by atoms with van der Waals surface area (Å²) in [6, 6.07) is 0.544. The van der Waals surface area contributed by atoms with E-state index < -0.39 is 12.7 Å². The monoisotopic (exact) mass is 265 g/mol. The van der Waals surface area contributed by atoms with Crippen molar-refractivity contribution < 1.29 is 13.2 Å². The number of nitrogens with zero attached hydrogens (tertiary/aromatic N) is 1. The van der Waals surface area contributed by atoms with Crippen molar-refractivity contribution in [2.24, 2.45) is 5.92 Å². The largest absolute Gasteiger partial charge is 0.401 e. The van der Waals surface area contributed by atoms with Crippen LogP contribution in [-0.2, 0) is 0 Å². The predicted octanol–water partition coefficient (Wildman–Crippen LogP) is 1.21. The molecule has 0 aliphatic carbocycles. The molecule has 6 heteroatoms. The minimum atomic E-state index is -4.06. The fourth-order valence-corrected chi connectivity index (χ4v) is 2.84. The summed E-state index contributed by atoms with van der Waals surface area (Å²) < 4.78 is 36.7. The second-order valence-corrected chi connectivity index (χ2v) is 5.44. The standard InChI is InChI=1S/C12H22F3N3/c13-12(14,15)9-18-6-3-10(8-18)7-17-11-1-4-16-5-2-11/h10-11,16-17H,1-9H2. The molecule has 3 nitrogen and oxygen atoms in total. The third-order valence-corrected chi connectivity index (χ3v) is 3.81. The Kier molecular flexibility index (Phi) is 4.86. The minimum Gasteiger partial charge on any atom is -0.317 e. The first-order chi connectivity index (χ1) is 8.53. The number of hydrogen-bond donors (Lipinski definition) is 2. The maximum Gasteiger partial charge on any atom is 0.401 e. The molecule has 2 heterocycles. The van der Waals surface area contributed by atoms with E-state index in [1.807, 2.05) is 0 Å². The second-order valence-electron chi connectivity index (χ2n) is 5.44. The van der Waals surface area contributed by atoms with E-state index in [2.05, 4.69) is 10.6 Å². The smallest absolute Gasteiger partial charge is 0.317 e. The Morgan fingerprint density at radius 2 is 1.89 bits per heavy atom. The molecule has 2 saturated heterocycles. The molecule has 0 bridgehead atoms. The fraction of sp³-hybridized carbons (Fsp3) is 1.00. The molecule has 2 aliphatic rings. The highest BCUT2D eigenvalue weighted by Crippen LogP contribution is 2.22. The molecule has 0 aromatic rings. The van der Waals surface area contributed by atoms with Crippen LogP contribution in [0.15, 0.2) is 0 Å². The van der Waals surface area contributed by atoms with Crippen LogP contribution < -0.4 is 10.6 Å². The molecule has 0 aromatic carbocycles. The van der Waals surface area contributed by atoms with Gasteiger partial charge in [-0.15, -0.1) is 0 Å². The molecule has 2 N–H and O–H groups in total. The first-order valence-electron chi connectivity index (χ1n) is 6.76. The molecular formula is C12H22F3N3. The number of alkyl halides is 3. The zero-order chi connectivity index (χ0) is 13.0. The van der Waals surface area contributed by atoms with Crippen LogP contribution in [0.2, 0.25) is 0 Å². The van der Waals surface area contributed by atoms with E-state index in [-0.39, 0.29) is 0 Å². The number of nitrogens with one attached hydrogen (secondary N) is 2. The topological polar surface area (TPSA) is 27.3 Å². The van der Waals surface area contributed by atoms with Gasteiger partial charge in [-0.3, -0.25) is 4.90 Å². The maximum absolute atomic E-state index is 12.2. The summed E-state index contributed by atoms with van der Waals surface area (Å²) in [7, 11) is 0. The van der Waals surface area contributed by atoms with Crippen LogP contribution in [0.1, 0.15) is 19.3 Å². The van der Waals surface area contributed by atoms with Gasteiger partial charge in [0.05, 0.1) is 6.54 Å². The molecule has 2 aliphatic heterocycles. The maximum atomic E-state index is 12.2. The number of rotatable bonds is 4. The molecule has 1 unspecified atom stereocenters. The van der Waals surface area contributed by atoms with Crippen molar-refractivity contribution in [3.8, 4) is 0 Å². The van der Waals surface area contributed by atoms with Crippen LogP contribution in [0.25, 0.3) is 0 Å². The average molecular weight is 265 g/mol. The molecular weight excluding hydrogens is 243 g/mol. The zero-order valence-corrected chi connectivity index (χ0v) is 10.6. The van der Waals surface area contributed by atoms with Crippen LogP contribution in [0.4, 0.5) is 13.2 Å². The van der Waals surface area contributed by atoms with E-state index in [1.165, 1.54) is 4.90 Å². The van der Waals surface area contributed by atoms with Crippen LogP contribution in [0, 0.1) is 5.92 Å². The summed E-state index contributed by atoms with van der Waals surface area (Å²) in [4.78, 5) is 1.52. The lowest BCUT2D eigenvalue weighted by Gasteiger charge is -2.25. The summed E-state index contributed by atoms with van der Waals surface area (Å²) in [5.74, 6) is 0.377. The van der Waals surface area contributed by atoms with Gasteiger partial charge in [-0.2, -0.15) is 13.2 Å². The highest BCUT2D eigenvalue weighted by Gasteiger charge is 2.34. The Morgan fingerprint density at radius 3 is 2.56 bits per heavy atom. The fourth-order valence-electron chi connectivity index (χ4n) is 2.84. The van der Waals surface area contributed by atoms with Gasteiger partial charge in [0.25, 0.3) is 0 Å². The summed E-state index contributed by atoms with van der Waals surface area (Å²) >= 11 is 0. The summed E-state index contributed by atoms with van der Waals surface area (Å²) in [5.41, 5.74) is 0. The SMILES string of the molecule is FC(F)(F)CN1CCC(CNC2CCNCC2)C1. The van der Waals surface area contributed by atoms with Gasteiger partial charge in [0.1, 0.15) is 0 Å². The predicted molar refractivity (Wildman–Crippen MR) is 64.5 cm³/mol. The van der Waals surface area contributed by atoms with Gasteiger partial charge in [-0.25, -0.2) is 0 Å². The van der Waals surface area contributed by atoms with Gasteiger partial charge in [0.15, 0.2) is 0 Å². The lowest BCUT2D eigenvalue weighted by atomic mass is 10.0. The molecule has 0 aromatic heterocycles. The Bertz CT molecular complexity index is 251. The number of hydrogen-bond acceptors (Lipinski definition) is 3. The van der Waals surface area contributed by atoms with E-state index in [1.54, 1.807) is 0 Å².